The molecule has 0 bridgehead atoms. The van der Waals surface area contributed by atoms with Crippen LogP contribution in [0.4, 0.5) is 0 Å². The van der Waals surface area contributed by atoms with Gasteiger partial charge < -0.3 is 5.32 Å². The topological polar surface area (TPSA) is 65.8 Å². The zero-order valence-electron chi connectivity index (χ0n) is 10.9. The van der Waals surface area contributed by atoms with Crippen LogP contribution in [0.15, 0.2) is 24.5 Å². The Hall–Kier alpha value is -1.89. The van der Waals surface area contributed by atoms with Gasteiger partial charge in [-0.25, -0.2) is 0 Å². The summed E-state index contributed by atoms with van der Waals surface area (Å²) in [7, 11) is 0. The van der Waals surface area contributed by atoms with Crippen LogP contribution in [0.3, 0.4) is 0 Å². The molecule has 0 saturated carbocycles. The molecule has 1 aromatic rings. The molecule has 0 radical (unpaired) electrons. The number of carbonyl (C=O) groups is 1. The Morgan fingerprint density at radius 3 is 2.89 bits per heavy atom. The Kier molecular flexibility index (Phi) is 5.86. The summed E-state index contributed by atoms with van der Waals surface area (Å²) < 4.78 is 0. The van der Waals surface area contributed by atoms with Gasteiger partial charge in [0.2, 0.25) is 5.91 Å². The molecule has 0 aliphatic carbocycles. The molecular formula is C14H19N3O. The van der Waals surface area contributed by atoms with Crippen molar-refractivity contribution in [3.8, 4) is 6.07 Å². The Morgan fingerprint density at radius 1 is 1.56 bits per heavy atom. The minimum Gasteiger partial charge on any atom is -0.352 e. The van der Waals surface area contributed by atoms with Crippen LogP contribution >= 0.6 is 0 Å². The molecule has 1 unspecified atom stereocenters. The van der Waals surface area contributed by atoms with Gasteiger partial charge in [-0.1, -0.05) is 19.9 Å². The predicted molar refractivity (Wildman–Crippen MR) is 69.3 cm³/mol. The van der Waals surface area contributed by atoms with Gasteiger partial charge in [-0.3, -0.25) is 9.78 Å². The number of pyridine rings is 1. The summed E-state index contributed by atoms with van der Waals surface area (Å²) >= 11 is 0. The highest BCUT2D eigenvalue weighted by atomic mass is 16.1. The third-order valence-corrected chi connectivity index (χ3v) is 2.87. The van der Waals surface area contributed by atoms with Gasteiger partial charge in [-0.2, -0.15) is 5.26 Å². The summed E-state index contributed by atoms with van der Waals surface area (Å²) in [6, 6.07) is 6.00. The predicted octanol–water partition coefficient (Wildman–Crippen LogP) is 2.27. The second-order valence-corrected chi connectivity index (χ2v) is 4.66. The van der Waals surface area contributed by atoms with Gasteiger partial charge in [0.25, 0.3) is 0 Å². The number of nitrogens with zero attached hydrogens (tertiary/aromatic N) is 2. The van der Waals surface area contributed by atoms with E-state index in [2.05, 4.69) is 16.4 Å². The van der Waals surface area contributed by atoms with Crippen LogP contribution in [0.25, 0.3) is 0 Å². The molecule has 0 fully saturated rings. The number of nitrogens with one attached hydrogen (secondary N) is 1. The highest BCUT2D eigenvalue weighted by molar-refractivity contribution is 5.75. The molecule has 1 heterocycles. The zero-order chi connectivity index (χ0) is 13.4. The third kappa shape index (κ3) is 4.96. The van der Waals surface area contributed by atoms with Crippen LogP contribution in [-0.2, 0) is 11.3 Å². The number of nitriles is 1. The van der Waals surface area contributed by atoms with E-state index >= 15 is 0 Å². The van der Waals surface area contributed by atoms with Crippen molar-refractivity contribution < 1.29 is 4.79 Å². The van der Waals surface area contributed by atoms with Gasteiger partial charge in [0, 0.05) is 31.3 Å². The summed E-state index contributed by atoms with van der Waals surface area (Å²) in [6.45, 7) is 4.49. The van der Waals surface area contributed by atoms with E-state index in [0.717, 1.165) is 5.56 Å². The summed E-state index contributed by atoms with van der Waals surface area (Å²) in [5.74, 6) is 0.231. The van der Waals surface area contributed by atoms with Gasteiger partial charge in [-0.05, 0) is 24.0 Å². The van der Waals surface area contributed by atoms with Gasteiger partial charge >= 0.3 is 0 Å². The van der Waals surface area contributed by atoms with Crippen molar-refractivity contribution in [2.45, 2.75) is 33.2 Å². The molecule has 96 valence electrons. The number of amides is 1. The fourth-order valence-corrected chi connectivity index (χ4v) is 1.63. The highest BCUT2D eigenvalue weighted by Gasteiger charge is 2.13. The van der Waals surface area contributed by atoms with Crippen LogP contribution in [-0.4, -0.2) is 10.9 Å². The number of hydrogen-bond donors (Lipinski definition) is 1. The molecule has 0 aromatic carbocycles. The number of rotatable bonds is 6. The maximum absolute atomic E-state index is 11.6. The van der Waals surface area contributed by atoms with Crippen molar-refractivity contribution in [3.05, 3.63) is 30.1 Å². The molecule has 1 aromatic heterocycles. The van der Waals surface area contributed by atoms with Crippen molar-refractivity contribution in [2.75, 3.05) is 0 Å². The number of hydrogen-bond acceptors (Lipinski definition) is 3. The molecule has 4 nitrogen and oxygen atoms in total. The lowest BCUT2D eigenvalue weighted by atomic mass is 9.92. The Labute approximate surface area is 108 Å². The Balaban J connectivity index is 2.28. The van der Waals surface area contributed by atoms with Crippen molar-refractivity contribution in [1.82, 2.24) is 10.3 Å². The SMILES string of the molecule is CC(C)C(C#N)CCC(=O)NCc1cccnc1. The maximum Gasteiger partial charge on any atom is 0.220 e. The van der Waals surface area contributed by atoms with E-state index in [0.29, 0.717) is 25.3 Å². The van der Waals surface area contributed by atoms with Crippen LogP contribution in [0.2, 0.25) is 0 Å². The maximum atomic E-state index is 11.6. The molecule has 0 saturated heterocycles. The van der Waals surface area contributed by atoms with Gasteiger partial charge in [0.1, 0.15) is 0 Å². The van der Waals surface area contributed by atoms with E-state index < -0.39 is 0 Å². The first-order valence-electron chi connectivity index (χ1n) is 6.18. The molecule has 1 amide bonds. The summed E-state index contributed by atoms with van der Waals surface area (Å²) in [5, 5.41) is 11.8. The summed E-state index contributed by atoms with van der Waals surface area (Å²) in [4.78, 5) is 15.6. The van der Waals surface area contributed by atoms with Crippen molar-refractivity contribution in [1.29, 1.82) is 5.26 Å². The first kappa shape index (κ1) is 14.2. The smallest absolute Gasteiger partial charge is 0.220 e. The molecule has 4 heteroatoms. The van der Waals surface area contributed by atoms with E-state index in [1.807, 2.05) is 26.0 Å². The van der Waals surface area contributed by atoms with Crippen LogP contribution in [0.5, 0.6) is 0 Å². The number of carbonyl (C=O) groups excluding carboxylic acids is 1. The molecular weight excluding hydrogens is 226 g/mol. The average Bonchev–Trinajstić information content (AvgIpc) is 2.38. The van der Waals surface area contributed by atoms with Crippen molar-refractivity contribution in [2.24, 2.45) is 11.8 Å². The first-order valence-corrected chi connectivity index (χ1v) is 6.18. The van der Waals surface area contributed by atoms with E-state index in [4.69, 9.17) is 5.26 Å². The molecule has 0 aliphatic heterocycles. The fourth-order valence-electron chi connectivity index (χ4n) is 1.63. The van der Waals surface area contributed by atoms with Gasteiger partial charge in [-0.15, -0.1) is 0 Å². The van der Waals surface area contributed by atoms with E-state index in [9.17, 15) is 4.79 Å². The van der Waals surface area contributed by atoms with Gasteiger partial charge in [0.15, 0.2) is 0 Å². The lowest BCUT2D eigenvalue weighted by Gasteiger charge is -2.12. The normalized spacial score (nSPS) is 11.9. The fraction of sp³-hybridized carbons (Fsp3) is 0.500. The molecule has 1 rings (SSSR count). The van der Waals surface area contributed by atoms with Crippen LogP contribution < -0.4 is 5.32 Å². The van der Waals surface area contributed by atoms with E-state index in [-0.39, 0.29) is 11.8 Å². The summed E-state index contributed by atoms with van der Waals surface area (Å²) in [5.41, 5.74) is 0.978. The minimum absolute atomic E-state index is 0.0141. The first-order chi connectivity index (χ1) is 8.63. The zero-order valence-corrected chi connectivity index (χ0v) is 10.9. The molecule has 18 heavy (non-hydrogen) atoms. The quantitative estimate of drug-likeness (QED) is 0.836. The number of aromatic nitrogens is 1. The molecule has 1 atom stereocenters. The van der Waals surface area contributed by atoms with Crippen LogP contribution in [0, 0.1) is 23.2 Å². The monoisotopic (exact) mass is 245 g/mol. The molecule has 0 spiro atoms. The van der Waals surface area contributed by atoms with Gasteiger partial charge in [0.05, 0.1) is 6.07 Å². The molecule has 0 aliphatic rings. The second-order valence-electron chi connectivity index (χ2n) is 4.66. The minimum atomic E-state index is -0.0471. The standard InChI is InChI=1S/C14H19N3O/c1-11(2)13(8-15)5-6-14(18)17-10-12-4-3-7-16-9-12/h3-4,7,9,11,13H,5-6,10H2,1-2H3,(H,17,18). The lowest BCUT2D eigenvalue weighted by Crippen LogP contribution is -2.23. The van der Waals surface area contributed by atoms with E-state index in [1.165, 1.54) is 0 Å². The Bertz CT molecular complexity index is 409. The lowest BCUT2D eigenvalue weighted by molar-refractivity contribution is -0.121. The Morgan fingerprint density at radius 2 is 2.33 bits per heavy atom. The second kappa shape index (κ2) is 7.44. The largest absolute Gasteiger partial charge is 0.352 e. The van der Waals surface area contributed by atoms with Crippen molar-refractivity contribution in [3.63, 3.8) is 0 Å². The van der Waals surface area contributed by atoms with Crippen molar-refractivity contribution >= 4 is 5.91 Å². The highest BCUT2D eigenvalue weighted by Crippen LogP contribution is 2.15. The third-order valence-electron chi connectivity index (χ3n) is 2.87. The summed E-state index contributed by atoms with van der Waals surface area (Å²) in [6.07, 6.45) is 4.45. The molecule has 1 N–H and O–H groups in total. The van der Waals surface area contributed by atoms with E-state index in [1.54, 1.807) is 12.4 Å². The average molecular weight is 245 g/mol. The van der Waals surface area contributed by atoms with Crippen LogP contribution in [0.1, 0.15) is 32.3 Å².